The van der Waals surface area contributed by atoms with Crippen LogP contribution in [0.4, 0.5) is 5.69 Å². The molecule has 1 rings (SSSR count). The minimum Gasteiger partial charge on any atom is -0.305 e. The van der Waals surface area contributed by atoms with Crippen molar-refractivity contribution in [2.24, 2.45) is 0 Å². The Bertz CT molecular complexity index is 450. The van der Waals surface area contributed by atoms with E-state index in [1.165, 1.54) is 0 Å². The van der Waals surface area contributed by atoms with Gasteiger partial charge in [-0.3, -0.25) is 4.72 Å². The van der Waals surface area contributed by atoms with Crippen LogP contribution in [0.2, 0.25) is 0 Å². The summed E-state index contributed by atoms with van der Waals surface area (Å²) < 4.78 is 25.8. The molecular weight excluding hydrogens is 236 g/mol. The van der Waals surface area contributed by atoms with Crippen molar-refractivity contribution < 1.29 is 8.42 Å². The summed E-state index contributed by atoms with van der Waals surface area (Å²) in [4.78, 5) is 2.06. The monoisotopic (exact) mass is 256 g/mol. The molecule has 4 nitrogen and oxygen atoms in total. The summed E-state index contributed by atoms with van der Waals surface area (Å²) in [7, 11) is 0.743. The van der Waals surface area contributed by atoms with Gasteiger partial charge < -0.3 is 4.90 Å². The molecule has 0 saturated carbocycles. The van der Waals surface area contributed by atoms with Crippen molar-refractivity contribution >= 4 is 15.7 Å². The van der Waals surface area contributed by atoms with E-state index in [1.54, 1.807) is 26.0 Å². The van der Waals surface area contributed by atoms with Crippen molar-refractivity contribution in [3.05, 3.63) is 29.8 Å². The SMILES string of the molecule is CC(C)S(=O)(=O)Nc1ccc(CN(C)C)cc1. The van der Waals surface area contributed by atoms with E-state index < -0.39 is 15.3 Å². The third kappa shape index (κ3) is 4.36. The van der Waals surface area contributed by atoms with Gasteiger partial charge in [0.25, 0.3) is 0 Å². The van der Waals surface area contributed by atoms with Crippen LogP contribution in [0.3, 0.4) is 0 Å². The van der Waals surface area contributed by atoms with E-state index >= 15 is 0 Å². The summed E-state index contributed by atoms with van der Waals surface area (Å²) in [6, 6.07) is 7.44. The van der Waals surface area contributed by atoms with Gasteiger partial charge in [-0.05, 0) is 45.6 Å². The molecule has 96 valence electrons. The van der Waals surface area contributed by atoms with E-state index in [0.717, 1.165) is 12.1 Å². The molecule has 0 aliphatic heterocycles. The van der Waals surface area contributed by atoms with Gasteiger partial charge in [0.05, 0.1) is 5.25 Å². The highest BCUT2D eigenvalue weighted by Gasteiger charge is 2.15. The maximum Gasteiger partial charge on any atom is 0.235 e. The molecule has 0 aliphatic carbocycles. The molecule has 1 N–H and O–H groups in total. The van der Waals surface area contributed by atoms with E-state index in [1.807, 2.05) is 26.2 Å². The number of anilines is 1. The van der Waals surface area contributed by atoms with Crippen molar-refractivity contribution in [3.8, 4) is 0 Å². The first-order chi connectivity index (χ1) is 7.81. The van der Waals surface area contributed by atoms with Crippen LogP contribution in [0.15, 0.2) is 24.3 Å². The van der Waals surface area contributed by atoms with E-state index in [2.05, 4.69) is 9.62 Å². The molecule has 0 aromatic heterocycles. The Morgan fingerprint density at radius 2 is 1.71 bits per heavy atom. The first kappa shape index (κ1) is 14.0. The van der Waals surface area contributed by atoms with E-state index in [-0.39, 0.29) is 0 Å². The molecule has 0 saturated heterocycles. The lowest BCUT2D eigenvalue weighted by atomic mass is 10.2. The Morgan fingerprint density at radius 3 is 2.12 bits per heavy atom. The Hall–Kier alpha value is -1.07. The Balaban J connectivity index is 2.76. The summed E-state index contributed by atoms with van der Waals surface area (Å²) in [6.07, 6.45) is 0. The zero-order chi connectivity index (χ0) is 13.1. The van der Waals surface area contributed by atoms with Gasteiger partial charge in [0.15, 0.2) is 0 Å². The van der Waals surface area contributed by atoms with Crippen LogP contribution in [-0.4, -0.2) is 32.7 Å². The van der Waals surface area contributed by atoms with Gasteiger partial charge in [-0.15, -0.1) is 0 Å². The number of hydrogen-bond donors (Lipinski definition) is 1. The predicted octanol–water partition coefficient (Wildman–Crippen LogP) is 1.90. The van der Waals surface area contributed by atoms with Crippen molar-refractivity contribution in [2.75, 3.05) is 18.8 Å². The van der Waals surface area contributed by atoms with Gasteiger partial charge in [-0.2, -0.15) is 0 Å². The highest BCUT2D eigenvalue weighted by molar-refractivity contribution is 7.93. The van der Waals surface area contributed by atoms with Crippen LogP contribution in [0.5, 0.6) is 0 Å². The summed E-state index contributed by atoms with van der Waals surface area (Å²) >= 11 is 0. The second-order valence-corrected chi connectivity index (χ2v) is 6.87. The lowest BCUT2D eigenvalue weighted by molar-refractivity contribution is 0.402. The van der Waals surface area contributed by atoms with Crippen molar-refractivity contribution in [1.29, 1.82) is 0 Å². The lowest BCUT2D eigenvalue weighted by Gasteiger charge is -2.12. The number of hydrogen-bond acceptors (Lipinski definition) is 3. The normalized spacial score (nSPS) is 12.1. The van der Waals surface area contributed by atoms with Crippen molar-refractivity contribution in [3.63, 3.8) is 0 Å². The highest BCUT2D eigenvalue weighted by Crippen LogP contribution is 2.13. The Labute approximate surface area is 104 Å². The quantitative estimate of drug-likeness (QED) is 0.875. The first-order valence-electron chi connectivity index (χ1n) is 5.56. The van der Waals surface area contributed by atoms with E-state index in [4.69, 9.17) is 0 Å². The van der Waals surface area contributed by atoms with Gasteiger partial charge in [0, 0.05) is 12.2 Å². The second kappa shape index (κ2) is 5.51. The second-order valence-electron chi connectivity index (χ2n) is 4.63. The Kier molecular flexibility index (Phi) is 4.54. The lowest BCUT2D eigenvalue weighted by Crippen LogP contribution is -2.22. The fraction of sp³-hybridized carbons (Fsp3) is 0.500. The maximum absolute atomic E-state index is 11.6. The number of nitrogens with one attached hydrogen (secondary N) is 1. The van der Waals surface area contributed by atoms with E-state index in [0.29, 0.717) is 5.69 Å². The van der Waals surface area contributed by atoms with Gasteiger partial charge in [0.2, 0.25) is 10.0 Å². The number of sulfonamides is 1. The molecule has 0 amide bonds. The molecule has 1 aromatic carbocycles. The standard InChI is InChI=1S/C12H20N2O2S/c1-10(2)17(15,16)13-12-7-5-11(6-8-12)9-14(3)4/h5-8,10,13H,9H2,1-4H3. The molecule has 0 atom stereocenters. The average Bonchev–Trinajstić information content (AvgIpc) is 2.19. The summed E-state index contributed by atoms with van der Waals surface area (Å²) in [5, 5.41) is -0.427. The molecule has 0 radical (unpaired) electrons. The van der Waals surface area contributed by atoms with E-state index in [9.17, 15) is 8.42 Å². The third-order valence-corrected chi connectivity index (χ3v) is 4.09. The van der Waals surface area contributed by atoms with Crippen molar-refractivity contribution in [1.82, 2.24) is 4.90 Å². The molecular formula is C12H20N2O2S. The predicted molar refractivity (Wildman–Crippen MR) is 71.5 cm³/mol. The molecule has 0 aliphatic rings. The van der Waals surface area contributed by atoms with Crippen LogP contribution in [0.1, 0.15) is 19.4 Å². The minimum absolute atomic E-state index is 0.427. The zero-order valence-corrected chi connectivity index (χ0v) is 11.6. The number of rotatable bonds is 5. The van der Waals surface area contributed by atoms with Crippen LogP contribution in [0.25, 0.3) is 0 Å². The van der Waals surface area contributed by atoms with Gasteiger partial charge >= 0.3 is 0 Å². The molecule has 0 spiro atoms. The van der Waals surface area contributed by atoms with Gasteiger partial charge in [-0.1, -0.05) is 12.1 Å². The summed E-state index contributed by atoms with van der Waals surface area (Å²) in [5.41, 5.74) is 1.77. The molecule has 0 heterocycles. The smallest absolute Gasteiger partial charge is 0.235 e. The molecule has 17 heavy (non-hydrogen) atoms. The minimum atomic E-state index is -3.25. The highest BCUT2D eigenvalue weighted by atomic mass is 32.2. The summed E-state index contributed by atoms with van der Waals surface area (Å²) in [5.74, 6) is 0. The molecule has 5 heteroatoms. The fourth-order valence-corrected chi connectivity index (χ4v) is 2.03. The fourth-order valence-electron chi connectivity index (χ4n) is 1.33. The van der Waals surface area contributed by atoms with Gasteiger partial charge in [-0.25, -0.2) is 8.42 Å². The van der Waals surface area contributed by atoms with Crippen LogP contribution in [0, 0.1) is 0 Å². The van der Waals surface area contributed by atoms with Gasteiger partial charge in [0.1, 0.15) is 0 Å². The number of benzene rings is 1. The first-order valence-corrected chi connectivity index (χ1v) is 7.11. The third-order valence-electron chi connectivity index (χ3n) is 2.33. The zero-order valence-electron chi connectivity index (χ0n) is 10.8. The molecule has 0 fully saturated rings. The molecule has 0 unspecified atom stereocenters. The van der Waals surface area contributed by atoms with Crippen molar-refractivity contribution in [2.45, 2.75) is 25.6 Å². The number of nitrogens with zero attached hydrogens (tertiary/aromatic N) is 1. The van der Waals surface area contributed by atoms with Crippen LogP contribution < -0.4 is 4.72 Å². The van der Waals surface area contributed by atoms with Crippen LogP contribution >= 0.6 is 0 Å². The Morgan fingerprint density at radius 1 is 1.18 bits per heavy atom. The largest absolute Gasteiger partial charge is 0.305 e. The summed E-state index contributed by atoms with van der Waals surface area (Å²) in [6.45, 7) is 4.16. The topological polar surface area (TPSA) is 49.4 Å². The van der Waals surface area contributed by atoms with Crippen LogP contribution in [-0.2, 0) is 16.6 Å². The average molecular weight is 256 g/mol. The molecule has 1 aromatic rings. The maximum atomic E-state index is 11.6. The molecule has 0 bridgehead atoms.